The van der Waals surface area contributed by atoms with Crippen molar-refractivity contribution >= 4 is 11.8 Å². The van der Waals surface area contributed by atoms with Gasteiger partial charge >= 0.3 is 0 Å². The van der Waals surface area contributed by atoms with Crippen molar-refractivity contribution in [2.45, 2.75) is 37.7 Å². The van der Waals surface area contributed by atoms with Gasteiger partial charge in [0.05, 0.1) is 0 Å². The van der Waals surface area contributed by atoms with Gasteiger partial charge in [0.1, 0.15) is 0 Å². The molecular weight excluding hydrogens is 176 g/mol. The number of rotatable bonds is 5. The van der Waals surface area contributed by atoms with Crippen LogP contribution in [0.25, 0.3) is 0 Å². The third-order valence-corrected chi connectivity index (χ3v) is 3.38. The van der Waals surface area contributed by atoms with Gasteiger partial charge in [0.2, 0.25) is 0 Å². The van der Waals surface area contributed by atoms with E-state index in [1.165, 1.54) is 18.4 Å². The van der Waals surface area contributed by atoms with Crippen LogP contribution >= 0.6 is 11.8 Å². The summed E-state index contributed by atoms with van der Waals surface area (Å²) in [6.45, 7) is 4.57. The van der Waals surface area contributed by atoms with Gasteiger partial charge in [-0.2, -0.15) is 11.8 Å². The predicted octanol–water partition coefficient (Wildman–Crippen LogP) is 4.11. The number of benzene rings is 1. The fraction of sp³-hybridized carbons (Fsp3) is 0.500. The van der Waals surface area contributed by atoms with Gasteiger partial charge in [-0.15, -0.1) is 0 Å². The van der Waals surface area contributed by atoms with E-state index in [1.807, 2.05) is 0 Å². The average Bonchev–Trinajstić information content (AvgIpc) is 2.17. The standard InChI is InChI=1S/C12H18S/c1-3-7-11(2)13-10-12-8-5-4-6-9-12/h4-6,8-9,11H,3,7,10H2,1-2H3. The Bertz CT molecular complexity index is 218. The lowest BCUT2D eigenvalue weighted by Gasteiger charge is -2.09. The zero-order valence-electron chi connectivity index (χ0n) is 8.49. The molecule has 1 rings (SSSR count). The molecule has 0 aromatic heterocycles. The van der Waals surface area contributed by atoms with Crippen molar-refractivity contribution in [1.29, 1.82) is 0 Å². The molecule has 0 saturated heterocycles. The second kappa shape index (κ2) is 6.09. The third kappa shape index (κ3) is 4.37. The Kier molecular flexibility index (Phi) is 4.99. The summed E-state index contributed by atoms with van der Waals surface area (Å²) in [6.07, 6.45) is 2.63. The number of hydrogen-bond donors (Lipinski definition) is 0. The van der Waals surface area contributed by atoms with E-state index in [0.29, 0.717) is 0 Å². The molecule has 1 aromatic carbocycles. The lowest BCUT2D eigenvalue weighted by atomic mass is 10.2. The minimum atomic E-state index is 0.796. The maximum absolute atomic E-state index is 2.32. The van der Waals surface area contributed by atoms with Gasteiger partial charge in [-0.25, -0.2) is 0 Å². The second-order valence-electron chi connectivity index (χ2n) is 3.40. The maximum atomic E-state index is 2.32. The van der Waals surface area contributed by atoms with Crippen LogP contribution in [-0.4, -0.2) is 5.25 Å². The van der Waals surface area contributed by atoms with Crippen molar-refractivity contribution in [2.24, 2.45) is 0 Å². The van der Waals surface area contributed by atoms with E-state index >= 15 is 0 Å². The first-order chi connectivity index (χ1) is 6.33. The van der Waals surface area contributed by atoms with Crippen LogP contribution in [-0.2, 0) is 5.75 Å². The molecule has 1 aromatic rings. The van der Waals surface area contributed by atoms with E-state index in [-0.39, 0.29) is 0 Å². The van der Waals surface area contributed by atoms with Crippen LogP contribution in [0, 0.1) is 0 Å². The predicted molar refractivity (Wildman–Crippen MR) is 62.1 cm³/mol. The molecule has 0 amide bonds. The molecule has 1 heteroatoms. The summed E-state index contributed by atoms with van der Waals surface area (Å²) < 4.78 is 0. The molecule has 0 nitrogen and oxygen atoms in total. The van der Waals surface area contributed by atoms with Crippen LogP contribution in [0.15, 0.2) is 30.3 Å². The molecule has 0 radical (unpaired) electrons. The van der Waals surface area contributed by atoms with E-state index in [9.17, 15) is 0 Å². The number of thioether (sulfide) groups is 1. The lowest BCUT2D eigenvalue weighted by Crippen LogP contribution is -1.95. The highest BCUT2D eigenvalue weighted by Gasteiger charge is 2.00. The minimum Gasteiger partial charge on any atom is -0.154 e. The molecule has 0 heterocycles. The Morgan fingerprint density at radius 1 is 1.23 bits per heavy atom. The smallest absolute Gasteiger partial charge is 0.0187 e. The van der Waals surface area contributed by atoms with Crippen molar-refractivity contribution in [1.82, 2.24) is 0 Å². The van der Waals surface area contributed by atoms with Crippen molar-refractivity contribution in [3.05, 3.63) is 35.9 Å². The maximum Gasteiger partial charge on any atom is 0.0187 e. The largest absolute Gasteiger partial charge is 0.154 e. The van der Waals surface area contributed by atoms with Gasteiger partial charge in [0, 0.05) is 11.0 Å². The van der Waals surface area contributed by atoms with Crippen LogP contribution in [0.2, 0.25) is 0 Å². The van der Waals surface area contributed by atoms with Crippen LogP contribution in [0.3, 0.4) is 0 Å². The first kappa shape index (κ1) is 10.6. The Hall–Kier alpha value is -0.430. The van der Waals surface area contributed by atoms with Crippen LogP contribution in [0.4, 0.5) is 0 Å². The first-order valence-corrected chi connectivity index (χ1v) is 6.03. The molecule has 0 aliphatic carbocycles. The highest BCUT2D eigenvalue weighted by atomic mass is 32.2. The van der Waals surface area contributed by atoms with Crippen molar-refractivity contribution in [3.8, 4) is 0 Å². The van der Waals surface area contributed by atoms with E-state index in [1.54, 1.807) is 0 Å². The van der Waals surface area contributed by atoms with Crippen LogP contribution in [0.5, 0.6) is 0 Å². The van der Waals surface area contributed by atoms with Crippen molar-refractivity contribution in [3.63, 3.8) is 0 Å². The molecule has 0 saturated carbocycles. The van der Waals surface area contributed by atoms with E-state index in [0.717, 1.165) is 11.0 Å². The SMILES string of the molecule is CCCC(C)SCc1ccccc1. The zero-order valence-corrected chi connectivity index (χ0v) is 9.31. The Morgan fingerprint density at radius 2 is 1.92 bits per heavy atom. The number of hydrogen-bond acceptors (Lipinski definition) is 1. The summed E-state index contributed by atoms with van der Waals surface area (Å²) in [7, 11) is 0. The molecule has 0 fully saturated rings. The van der Waals surface area contributed by atoms with Gasteiger partial charge in [-0.1, -0.05) is 50.6 Å². The summed E-state index contributed by atoms with van der Waals surface area (Å²) in [5.74, 6) is 1.15. The fourth-order valence-electron chi connectivity index (χ4n) is 1.30. The molecule has 13 heavy (non-hydrogen) atoms. The van der Waals surface area contributed by atoms with Crippen LogP contribution in [0.1, 0.15) is 32.3 Å². The summed E-state index contributed by atoms with van der Waals surface area (Å²) in [5.41, 5.74) is 1.44. The van der Waals surface area contributed by atoms with E-state index in [2.05, 4.69) is 55.9 Å². The first-order valence-electron chi connectivity index (χ1n) is 4.98. The summed E-state index contributed by atoms with van der Waals surface area (Å²) in [5, 5.41) is 0.796. The summed E-state index contributed by atoms with van der Waals surface area (Å²) >= 11 is 2.05. The van der Waals surface area contributed by atoms with E-state index in [4.69, 9.17) is 0 Å². The van der Waals surface area contributed by atoms with E-state index < -0.39 is 0 Å². The third-order valence-electron chi connectivity index (χ3n) is 2.07. The lowest BCUT2D eigenvalue weighted by molar-refractivity contribution is 0.787. The molecule has 72 valence electrons. The molecule has 0 aliphatic heterocycles. The highest BCUT2D eigenvalue weighted by Crippen LogP contribution is 2.20. The minimum absolute atomic E-state index is 0.796. The molecule has 0 bridgehead atoms. The molecule has 1 atom stereocenters. The molecule has 0 aliphatic rings. The van der Waals surface area contributed by atoms with Crippen molar-refractivity contribution in [2.75, 3.05) is 0 Å². The normalized spacial score (nSPS) is 12.8. The average molecular weight is 194 g/mol. The van der Waals surface area contributed by atoms with Gasteiger partial charge in [0.25, 0.3) is 0 Å². The van der Waals surface area contributed by atoms with Gasteiger partial charge in [-0.05, 0) is 12.0 Å². The molecular formula is C12H18S. The Morgan fingerprint density at radius 3 is 2.54 bits per heavy atom. The topological polar surface area (TPSA) is 0 Å². The fourth-order valence-corrected chi connectivity index (χ4v) is 2.37. The van der Waals surface area contributed by atoms with Gasteiger partial charge in [-0.3, -0.25) is 0 Å². The van der Waals surface area contributed by atoms with Gasteiger partial charge < -0.3 is 0 Å². The van der Waals surface area contributed by atoms with Gasteiger partial charge in [0.15, 0.2) is 0 Å². The second-order valence-corrected chi connectivity index (χ2v) is 4.82. The summed E-state index contributed by atoms with van der Waals surface area (Å²) in [4.78, 5) is 0. The summed E-state index contributed by atoms with van der Waals surface area (Å²) in [6, 6.07) is 10.7. The highest BCUT2D eigenvalue weighted by molar-refractivity contribution is 7.99. The molecule has 1 unspecified atom stereocenters. The van der Waals surface area contributed by atoms with Crippen molar-refractivity contribution < 1.29 is 0 Å². The molecule has 0 N–H and O–H groups in total. The Labute approximate surface area is 85.7 Å². The zero-order chi connectivity index (χ0) is 9.52. The molecule has 0 spiro atoms. The Balaban J connectivity index is 2.27. The quantitative estimate of drug-likeness (QED) is 0.680. The van der Waals surface area contributed by atoms with Crippen LogP contribution < -0.4 is 0 Å². The monoisotopic (exact) mass is 194 g/mol.